The molecule has 0 aliphatic heterocycles. The fourth-order valence-electron chi connectivity index (χ4n) is 3.30. The number of halogens is 3. The molecule has 3 aromatic carbocycles. The molecule has 0 atom stereocenters. The molecule has 0 fully saturated rings. The molecule has 7 heteroatoms. The molecule has 1 aromatic heterocycles. The van der Waals surface area contributed by atoms with Crippen molar-refractivity contribution in [1.82, 2.24) is 20.3 Å². The first-order chi connectivity index (χ1) is 15.1. The summed E-state index contributed by atoms with van der Waals surface area (Å²) in [7, 11) is 0. The lowest BCUT2D eigenvalue weighted by Crippen LogP contribution is -2.18. The van der Waals surface area contributed by atoms with Gasteiger partial charge in [0.2, 0.25) is 0 Å². The Kier molecular flexibility index (Phi) is 6.97. The van der Waals surface area contributed by atoms with Crippen LogP contribution in [0.1, 0.15) is 16.8 Å². The van der Waals surface area contributed by atoms with E-state index in [2.05, 4.69) is 10.4 Å². The number of nitrogens with zero attached hydrogens (tertiary/aromatic N) is 3. The Balaban J connectivity index is 1.47. The Hall–Kier alpha value is -2.73. The SMILES string of the molecule is Fc1ccc(Cn2nc(CNCCc3ccc(Cl)cc3Cl)c(-c3ccccc3)n2)cc1. The molecule has 0 bridgehead atoms. The van der Waals surface area contributed by atoms with Crippen LogP contribution in [0.5, 0.6) is 0 Å². The lowest BCUT2D eigenvalue weighted by Gasteiger charge is -2.06. The van der Waals surface area contributed by atoms with Gasteiger partial charge in [0, 0.05) is 22.2 Å². The van der Waals surface area contributed by atoms with Gasteiger partial charge < -0.3 is 5.32 Å². The van der Waals surface area contributed by atoms with Crippen LogP contribution in [0, 0.1) is 5.82 Å². The minimum absolute atomic E-state index is 0.257. The monoisotopic (exact) mass is 454 g/mol. The van der Waals surface area contributed by atoms with Crippen LogP contribution < -0.4 is 5.32 Å². The number of rotatable bonds is 8. The molecule has 0 unspecified atom stereocenters. The molecule has 31 heavy (non-hydrogen) atoms. The zero-order chi connectivity index (χ0) is 21.6. The van der Waals surface area contributed by atoms with E-state index in [0.717, 1.165) is 41.0 Å². The maximum absolute atomic E-state index is 13.2. The molecule has 4 aromatic rings. The third-order valence-corrected chi connectivity index (χ3v) is 5.48. The Bertz CT molecular complexity index is 1140. The van der Waals surface area contributed by atoms with Crippen molar-refractivity contribution in [2.24, 2.45) is 0 Å². The number of benzene rings is 3. The third-order valence-electron chi connectivity index (χ3n) is 4.89. The molecule has 0 radical (unpaired) electrons. The molecule has 0 aliphatic rings. The molecule has 4 nitrogen and oxygen atoms in total. The van der Waals surface area contributed by atoms with Gasteiger partial charge in [-0.2, -0.15) is 15.0 Å². The van der Waals surface area contributed by atoms with Crippen LogP contribution in [0.25, 0.3) is 11.3 Å². The van der Waals surface area contributed by atoms with Crippen LogP contribution in [-0.4, -0.2) is 21.5 Å². The molecule has 1 N–H and O–H groups in total. The average Bonchev–Trinajstić information content (AvgIpc) is 3.17. The highest BCUT2D eigenvalue weighted by Crippen LogP contribution is 2.22. The van der Waals surface area contributed by atoms with Crippen molar-refractivity contribution in [2.45, 2.75) is 19.5 Å². The van der Waals surface area contributed by atoms with Crippen LogP contribution >= 0.6 is 23.2 Å². The van der Waals surface area contributed by atoms with Gasteiger partial charge in [0.15, 0.2) is 0 Å². The third kappa shape index (κ3) is 5.70. The molecular formula is C24H21Cl2FN4. The summed E-state index contributed by atoms with van der Waals surface area (Å²) >= 11 is 12.2. The summed E-state index contributed by atoms with van der Waals surface area (Å²) in [5, 5.41) is 14.1. The van der Waals surface area contributed by atoms with Gasteiger partial charge in [-0.15, -0.1) is 0 Å². The van der Waals surface area contributed by atoms with Crippen molar-refractivity contribution in [3.8, 4) is 11.3 Å². The highest BCUT2D eigenvalue weighted by Gasteiger charge is 2.13. The van der Waals surface area contributed by atoms with Gasteiger partial charge in [-0.3, -0.25) is 0 Å². The first kappa shape index (κ1) is 21.5. The predicted molar refractivity (Wildman–Crippen MR) is 123 cm³/mol. The molecule has 0 saturated heterocycles. The van der Waals surface area contributed by atoms with Crippen molar-refractivity contribution in [3.05, 3.63) is 105 Å². The van der Waals surface area contributed by atoms with Gasteiger partial charge in [0.1, 0.15) is 17.2 Å². The highest BCUT2D eigenvalue weighted by molar-refractivity contribution is 6.35. The zero-order valence-corrected chi connectivity index (χ0v) is 18.2. The van der Waals surface area contributed by atoms with Gasteiger partial charge in [-0.05, 0) is 48.4 Å². The van der Waals surface area contributed by atoms with Gasteiger partial charge in [-0.25, -0.2) is 4.39 Å². The summed E-state index contributed by atoms with van der Waals surface area (Å²) in [6.07, 6.45) is 0.778. The molecular weight excluding hydrogens is 434 g/mol. The average molecular weight is 455 g/mol. The van der Waals surface area contributed by atoms with Crippen molar-refractivity contribution in [3.63, 3.8) is 0 Å². The van der Waals surface area contributed by atoms with Crippen molar-refractivity contribution in [1.29, 1.82) is 0 Å². The second kappa shape index (κ2) is 10.1. The van der Waals surface area contributed by atoms with E-state index in [4.69, 9.17) is 28.3 Å². The van der Waals surface area contributed by atoms with Gasteiger partial charge in [-0.1, -0.05) is 71.7 Å². The van der Waals surface area contributed by atoms with E-state index in [9.17, 15) is 4.39 Å². The minimum Gasteiger partial charge on any atom is -0.311 e. The maximum atomic E-state index is 13.2. The minimum atomic E-state index is -0.257. The zero-order valence-electron chi connectivity index (χ0n) is 16.7. The van der Waals surface area contributed by atoms with E-state index in [-0.39, 0.29) is 5.82 Å². The summed E-state index contributed by atoms with van der Waals surface area (Å²) in [5.41, 5.74) is 4.68. The smallest absolute Gasteiger partial charge is 0.123 e. The topological polar surface area (TPSA) is 42.7 Å². The van der Waals surface area contributed by atoms with E-state index < -0.39 is 0 Å². The lowest BCUT2D eigenvalue weighted by molar-refractivity contribution is 0.574. The summed E-state index contributed by atoms with van der Waals surface area (Å²) < 4.78 is 13.2. The number of aromatic nitrogens is 3. The van der Waals surface area contributed by atoms with E-state index in [1.165, 1.54) is 12.1 Å². The molecule has 1 heterocycles. The quantitative estimate of drug-likeness (QED) is 0.343. The predicted octanol–water partition coefficient (Wildman–Crippen LogP) is 5.77. The van der Waals surface area contributed by atoms with Crippen molar-refractivity contribution >= 4 is 23.2 Å². The standard InChI is InChI=1S/C24H21Cl2FN4/c25-20-9-8-18(22(26)14-20)12-13-28-15-23-24(19-4-2-1-3-5-19)30-31(29-23)16-17-6-10-21(27)11-7-17/h1-11,14,28H,12-13,15-16H2. The molecule has 158 valence electrons. The van der Waals surface area contributed by atoms with E-state index in [0.29, 0.717) is 23.1 Å². The van der Waals surface area contributed by atoms with Crippen LogP contribution in [0.4, 0.5) is 4.39 Å². The summed E-state index contributed by atoms with van der Waals surface area (Å²) in [6, 6.07) is 21.9. The second-order valence-corrected chi connectivity index (χ2v) is 8.02. The number of nitrogens with one attached hydrogen (secondary N) is 1. The van der Waals surface area contributed by atoms with Gasteiger partial charge >= 0.3 is 0 Å². The van der Waals surface area contributed by atoms with Crippen LogP contribution in [-0.2, 0) is 19.5 Å². The Morgan fingerprint density at radius 3 is 2.42 bits per heavy atom. The Morgan fingerprint density at radius 1 is 0.903 bits per heavy atom. The maximum Gasteiger partial charge on any atom is 0.123 e. The first-order valence-electron chi connectivity index (χ1n) is 9.97. The highest BCUT2D eigenvalue weighted by atomic mass is 35.5. The Labute approximate surface area is 190 Å². The van der Waals surface area contributed by atoms with Crippen LogP contribution in [0.3, 0.4) is 0 Å². The van der Waals surface area contributed by atoms with Crippen molar-refractivity contribution in [2.75, 3.05) is 6.54 Å². The number of hydrogen-bond acceptors (Lipinski definition) is 3. The summed E-state index contributed by atoms with van der Waals surface area (Å²) in [5.74, 6) is -0.257. The lowest BCUT2D eigenvalue weighted by atomic mass is 10.1. The second-order valence-electron chi connectivity index (χ2n) is 7.18. The summed E-state index contributed by atoms with van der Waals surface area (Å²) in [4.78, 5) is 1.66. The molecule has 4 rings (SSSR count). The van der Waals surface area contributed by atoms with Crippen LogP contribution in [0.15, 0.2) is 72.8 Å². The van der Waals surface area contributed by atoms with E-state index in [1.807, 2.05) is 42.5 Å². The van der Waals surface area contributed by atoms with E-state index >= 15 is 0 Å². The Morgan fingerprint density at radius 2 is 1.68 bits per heavy atom. The largest absolute Gasteiger partial charge is 0.311 e. The van der Waals surface area contributed by atoms with E-state index in [1.54, 1.807) is 23.0 Å². The summed E-state index contributed by atoms with van der Waals surface area (Å²) in [6.45, 7) is 1.78. The number of hydrogen-bond donors (Lipinski definition) is 1. The van der Waals surface area contributed by atoms with Crippen LogP contribution in [0.2, 0.25) is 10.0 Å². The normalized spacial score (nSPS) is 11.1. The van der Waals surface area contributed by atoms with Crippen molar-refractivity contribution < 1.29 is 4.39 Å². The first-order valence-corrected chi connectivity index (χ1v) is 10.7. The molecule has 0 aliphatic carbocycles. The van der Waals surface area contributed by atoms with Gasteiger partial charge in [0.25, 0.3) is 0 Å². The fourth-order valence-corrected chi connectivity index (χ4v) is 3.80. The molecule has 0 spiro atoms. The van der Waals surface area contributed by atoms with Gasteiger partial charge in [0.05, 0.1) is 6.54 Å². The fraction of sp³-hybridized carbons (Fsp3) is 0.167. The molecule has 0 saturated carbocycles. The molecule has 0 amide bonds.